The van der Waals surface area contributed by atoms with Crippen LogP contribution in [0.3, 0.4) is 0 Å². The SMILES string of the molecule is Cc1ccc(-[n+]2ccc(-c3ccccc3)cc2-c2ccccc2)cc1.[Cl-]. The summed E-state index contributed by atoms with van der Waals surface area (Å²) in [7, 11) is 0. The first-order chi connectivity index (χ1) is 12.3. The van der Waals surface area contributed by atoms with E-state index in [0.717, 1.165) is 0 Å². The lowest BCUT2D eigenvalue weighted by Gasteiger charge is -2.07. The van der Waals surface area contributed by atoms with Crippen molar-refractivity contribution in [1.82, 2.24) is 0 Å². The average molecular weight is 358 g/mol. The number of hydrogen-bond donors (Lipinski definition) is 0. The number of benzene rings is 3. The highest BCUT2D eigenvalue weighted by Gasteiger charge is 2.17. The van der Waals surface area contributed by atoms with Gasteiger partial charge in [-0.2, -0.15) is 4.57 Å². The maximum absolute atomic E-state index is 2.27. The van der Waals surface area contributed by atoms with E-state index in [1.807, 2.05) is 0 Å². The molecule has 0 aliphatic heterocycles. The van der Waals surface area contributed by atoms with Gasteiger partial charge in [0.1, 0.15) is 0 Å². The Bertz CT molecular complexity index is 978. The molecule has 1 nitrogen and oxygen atoms in total. The number of hydrogen-bond acceptors (Lipinski definition) is 0. The van der Waals surface area contributed by atoms with Crippen LogP contribution < -0.4 is 17.0 Å². The number of aryl methyl sites for hydroxylation is 1. The summed E-state index contributed by atoms with van der Waals surface area (Å²) in [6.07, 6.45) is 2.16. The van der Waals surface area contributed by atoms with Gasteiger partial charge in [-0.1, -0.05) is 66.2 Å². The zero-order valence-electron chi connectivity index (χ0n) is 14.6. The van der Waals surface area contributed by atoms with Crippen LogP contribution in [0.25, 0.3) is 28.1 Å². The fourth-order valence-electron chi connectivity index (χ4n) is 3.07. The highest BCUT2D eigenvalue weighted by Crippen LogP contribution is 2.24. The van der Waals surface area contributed by atoms with Gasteiger partial charge in [0.25, 0.3) is 0 Å². The molecule has 4 aromatic rings. The summed E-state index contributed by atoms with van der Waals surface area (Å²) in [5.74, 6) is 0. The van der Waals surface area contributed by atoms with Crippen molar-refractivity contribution in [1.29, 1.82) is 0 Å². The summed E-state index contributed by atoms with van der Waals surface area (Å²) in [5, 5.41) is 0. The highest BCUT2D eigenvalue weighted by atomic mass is 35.5. The second-order valence-electron chi connectivity index (χ2n) is 6.24. The molecule has 0 saturated heterocycles. The van der Waals surface area contributed by atoms with E-state index in [0.29, 0.717) is 0 Å². The van der Waals surface area contributed by atoms with Crippen LogP contribution in [0.5, 0.6) is 0 Å². The zero-order chi connectivity index (χ0) is 17.1. The molecular formula is C24H20ClN. The van der Waals surface area contributed by atoms with E-state index in [2.05, 4.69) is 115 Å². The molecule has 4 rings (SSSR count). The van der Waals surface area contributed by atoms with E-state index in [4.69, 9.17) is 0 Å². The molecule has 0 saturated carbocycles. The molecule has 0 aliphatic carbocycles. The quantitative estimate of drug-likeness (QED) is 0.496. The fourth-order valence-corrected chi connectivity index (χ4v) is 3.07. The lowest BCUT2D eigenvalue weighted by Crippen LogP contribution is -3.00. The van der Waals surface area contributed by atoms with Crippen molar-refractivity contribution < 1.29 is 17.0 Å². The van der Waals surface area contributed by atoms with Crippen molar-refractivity contribution in [3.05, 3.63) is 109 Å². The van der Waals surface area contributed by atoms with Crippen molar-refractivity contribution in [2.75, 3.05) is 0 Å². The molecule has 128 valence electrons. The Morgan fingerprint density at radius 2 is 1.15 bits per heavy atom. The highest BCUT2D eigenvalue weighted by molar-refractivity contribution is 5.68. The largest absolute Gasteiger partial charge is 1.00 e. The predicted molar refractivity (Wildman–Crippen MR) is 104 cm³/mol. The first-order valence-electron chi connectivity index (χ1n) is 8.55. The third-order valence-electron chi connectivity index (χ3n) is 4.44. The molecule has 0 amide bonds. The average Bonchev–Trinajstić information content (AvgIpc) is 2.70. The van der Waals surface area contributed by atoms with Crippen molar-refractivity contribution in [2.45, 2.75) is 6.92 Å². The maximum atomic E-state index is 2.27. The molecule has 0 bridgehead atoms. The lowest BCUT2D eigenvalue weighted by atomic mass is 10.0. The summed E-state index contributed by atoms with van der Waals surface area (Å²) < 4.78 is 2.25. The fraction of sp³-hybridized carbons (Fsp3) is 0.0417. The zero-order valence-corrected chi connectivity index (χ0v) is 15.4. The molecule has 0 N–H and O–H groups in total. The van der Waals surface area contributed by atoms with E-state index < -0.39 is 0 Å². The number of halogens is 1. The van der Waals surface area contributed by atoms with Crippen molar-refractivity contribution in [3.8, 4) is 28.1 Å². The Kier molecular flexibility index (Phi) is 5.50. The van der Waals surface area contributed by atoms with Crippen molar-refractivity contribution >= 4 is 0 Å². The van der Waals surface area contributed by atoms with Crippen LogP contribution in [0.1, 0.15) is 5.56 Å². The topological polar surface area (TPSA) is 3.88 Å². The van der Waals surface area contributed by atoms with Gasteiger partial charge in [-0.15, -0.1) is 0 Å². The molecule has 0 unspecified atom stereocenters. The Morgan fingerprint density at radius 1 is 0.577 bits per heavy atom. The summed E-state index contributed by atoms with van der Waals surface area (Å²) in [6.45, 7) is 2.12. The Morgan fingerprint density at radius 3 is 1.77 bits per heavy atom. The Balaban J connectivity index is 0.00000196. The van der Waals surface area contributed by atoms with Gasteiger partial charge in [0.2, 0.25) is 11.4 Å². The third kappa shape index (κ3) is 3.68. The lowest BCUT2D eigenvalue weighted by molar-refractivity contribution is -0.583. The minimum absolute atomic E-state index is 0. The van der Waals surface area contributed by atoms with Crippen LogP contribution in [0.2, 0.25) is 0 Å². The molecule has 0 atom stereocenters. The van der Waals surface area contributed by atoms with Crippen LogP contribution >= 0.6 is 0 Å². The van der Waals surface area contributed by atoms with Gasteiger partial charge in [0, 0.05) is 29.8 Å². The van der Waals surface area contributed by atoms with E-state index in [1.165, 1.54) is 33.6 Å². The Labute approximate surface area is 161 Å². The molecule has 0 aliphatic rings. The third-order valence-corrected chi connectivity index (χ3v) is 4.44. The molecule has 0 spiro atoms. The van der Waals surface area contributed by atoms with Gasteiger partial charge >= 0.3 is 0 Å². The number of rotatable bonds is 3. The van der Waals surface area contributed by atoms with E-state index in [-0.39, 0.29) is 12.4 Å². The molecular weight excluding hydrogens is 338 g/mol. The van der Waals surface area contributed by atoms with Gasteiger partial charge < -0.3 is 12.4 Å². The first-order valence-corrected chi connectivity index (χ1v) is 8.55. The summed E-state index contributed by atoms with van der Waals surface area (Å²) in [4.78, 5) is 0. The molecule has 3 aromatic carbocycles. The number of nitrogens with zero attached hydrogens (tertiary/aromatic N) is 1. The molecule has 26 heavy (non-hydrogen) atoms. The van der Waals surface area contributed by atoms with E-state index in [1.54, 1.807) is 0 Å². The predicted octanol–water partition coefficient (Wildman–Crippen LogP) is 2.61. The molecule has 2 heteroatoms. The molecule has 1 aromatic heterocycles. The maximum Gasteiger partial charge on any atom is 0.219 e. The van der Waals surface area contributed by atoms with Gasteiger partial charge in [0.15, 0.2) is 6.20 Å². The smallest absolute Gasteiger partial charge is 0.219 e. The van der Waals surface area contributed by atoms with E-state index >= 15 is 0 Å². The van der Waals surface area contributed by atoms with Crippen molar-refractivity contribution in [3.63, 3.8) is 0 Å². The van der Waals surface area contributed by atoms with Crippen LogP contribution in [0, 0.1) is 6.92 Å². The standard InChI is InChI=1S/C24H20N.ClH/c1-19-12-14-23(15-13-19)25-17-16-22(20-8-4-2-5-9-20)18-24(25)21-10-6-3-7-11-21;/h2-18H,1H3;1H/q+1;/p-1. The number of pyridine rings is 1. The normalized spacial score (nSPS) is 10.2. The van der Waals surface area contributed by atoms with Crippen LogP contribution in [0.4, 0.5) is 0 Å². The van der Waals surface area contributed by atoms with Crippen LogP contribution in [-0.2, 0) is 0 Å². The minimum atomic E-state index is 0. The second-order valence-corrected chi connectivity index (χ2v) is 6.24. The van der Waals surface area contributed by atoms with Gasteiger partial charge in [-0.3, -0.25) is 0 Å². The molecule has 0 fully saturated rings. The Hall–Kier alpha value is -2.90. The number of aromatic nitrogens is 1. The van der Waals surface area contributed by atoms with Gasteiger partial charge in [-0.25, -0.2) is 0 Å². The van der Waals surface area contributed by atoms with E-state index in [9.17, 15) is 0 Å². The van der Waals surface area contributed by atoms with Gasteiger partial charge in [0.05, 0.1) is 0 Å². The summed E-state index contributed by atoms with van der Waals surface area (Å²) in [6, 6.07) is 34.2. The van der Waals surface area contributed by atoms with Gasteiger partial charge in [-0.05, 0) is 30.2 Å². The van der Waals surface area contributed by atoms with Crippen molar-refractivity contribution in [2.24, 2.45) is 0 Å². The summed E-state index contributed by atoms with van der Waals surface area (Å²) in [5.41, 5.74) is 7.29. The van der Waals surface area contributed by atoms with Crippen LogP contribution in [0.15, 0.2) is 103 Å². The second kappa shape index (κ2) is 7.99. The first kappa shape index (κ1) is 17.9. The summed E-state index contributed by atoms with van der Waals surface area (Å²) >= 11 is 0. The monoisotopic (exact) mass is 357 g/mol. The molecule has 0 radical (unpaired) electrons. The minimum Gasteiger partial charge on any atom is -1.00 e. The van der Waals surface area contributed by atoms with Crippen LogP contribution in [-0.4, -0.2) is 0 Å². The molecule has 1 heterocycles.